The van der Waals surface area contributed by atoms with Gasteiger partial charge < -0.3 is 0 Å². The van der Waals surface area contributed by atoms with Gasteiger partial charge in [-0.2, -0.15) is 13.2 Å². The molecule has 2 radical (unpaired) electrons. The Hall–Kier alpha value is -3.00. The quantitative estimate of drug-likeness (QED) is 0.323. The summed E-state index contributed by atoms with van der Waals surface area (Å²) in [6.45, 7) is 0.114. The average Bonchev–Trinajstić information content (AvgIpc) is 2.76. The predicted octanol–water partition coefficient (Wildman–Crippen LogP) is 5.57. The van der Waals surface area contributed by atoms with Crippen LogP contribution in [0.4, 0.5) is 32.0 Å². The zero-order chi connectivity index (χ0) is 23.8. The van der Waals surface area contributed by atoms with Crippen LogP contribution in [0.3, 0.4) is 0 Å². The molecule has 1 aliphatic rings. The van der Waals surface area contributed by atoms with Gasteiger partial charge in [-0.15, -0.1) is 0 Å². The molecule has 11 heteroatoms. The molecule has 0 N–H and O–H groups in total. The van der Waals surface area contributed by atoms with Crippen molar-refractivity contribution in [1.29, 1.82) is 0 Å². The number of benzene rings is 2. The molecule has 0 spiro atoms. The van der Waals surface area contributed by atoms with Crippen LogP contribution in [-0.4, -0.2) is 34.7 Å². The van der Waals surface area contributed by atoms with E-state index in [2.05, 4.69) is 26.8 Å². The fraction of sp³-hybridized carbons (Fsp3) is 0.182. The number of anilines is 1. The van der Waals surface area contributed by atoms with E-state index in [1.54, 1.807) is 0 Å². The molecule has 2 aromatic carbocycles. The fourth-order valence-electron chi connectivity index (χ4n) is 3.34. The van der Waals surface area contributed by atoms with Gasteiger partial charge in [0.05, 0.1) is 5.56 Å². The molecule has 4 rings (SSSR count). The summed E-state index contributed by atoms with van der Waals surface area (Å²) in [6, 6.07) is 7.38. The molecule has 4 nitrogen and oxygen atoms in total. The van der Waals surface area contributed by atoms with E-state index in [1.807, 2.05) is 0 Å². The Morgan fingerprint density at radius 1 is 0.970 bits per heavy atom. The molecule has 0 amide bonds. The summed E-state index contributed by atoms with van der Waals surface area (Å²) in [4.78, 5) is 8.64. The van der Waals surface area contributed by atoms with Gasteiger partial charge in [-0.25, -0.2) is 4.98 Å². The van der Waals surface area contributed by atoms with E-state index in [1.165, 1.54) is 23.4 Å². The summed E-state index contributed by atoms with van der Waals surface area (Å²) < 4.78 is 86.9. The molecular weight excluding hydrogens is 511 g/mol. The second kappa shape index (κ2) is 9.09. The topological polar surface area (TPSA) is 37.7 Å². The van der Waals surface area contributed by atoms with Crippen LogP contribution in [0.5, 0.6) is 11.6 Å². The number of fused-ring (bicyclic) bond motifs is 1. The van der Waals surface area contributed by atoms with Crippen molar-refractivity contribution in [1.82, 2.24) is 4.98 Å². The number of aromatic nitrogens is 1. The van der Waals surface area contributed by atoms with Crippen molar-refractivity contribution in [2.24, 2.45) is 4.99 Å². The van der Waals surface area contributed by atoms with E-state index in [0.717, 1.165) is 30.5 Å². The Morgan fingerprint density at radius 3 is 2.45 bits per heavy atom. The van der Waals surface area contributed by atoms with Crippen LogP contribution in [0.2, 0.25) is 0 Å². The summed E-state index contributed by atoms with van der Waals surface area (Å²) in [7, 11) is 0. The summed E-state index contributed by atoms with van der Waals surface area (Å²) >= 11 is 2.16. The SMILES string of the molecule is Fc1cc(Oc2cc(C(F)(F)F)ccn2)ccc1CCN1C=NC([As])c2c(F)ccc(F)c21. The fourth-order valence-corrected chi connectivity index (χ4v) is 3.98. The van der Waals surface area contributed by atoms with Crippen molar-refractivity contribution in [3.63, 3.8) is 0 Å². The number of pyridine rings is 1. The molecule has 3 aromatic rings. The number of ether oxygens (including phenoxy) is 1. The third kappa shape index (κ3) is 5.00. The maximum atomic E-state index is 14.6. The van der Waals surface area contributed by atoms with E-state index < -0.39 is 34.0 Å². The van der Waals surface area contributed by atoms with E-state index in [9.17, 15) is 26.3 Å². The second-order valence-corrected chi connectivity index (χ2v) is 8.14. The van der Waals surface area contributed by atoms with E-state index in [-0.39, 0.29) is 41.4 Å². The van der Waals surface area contributed by atoms with Crippen LogP contribution in [0.25, 0.3) is 0 Å². The van der Waals surface area contributed by atoms with Crippen molar-refractivity contribution in [2.75, 3.05) is 11.4 Å². The van der Waals surface area contributed by atoms with Crippen LogP contribution in [0.1, 0.15) is 21.5 Å². The first-order chi connectivity index (χ1) is 15.6. The molecule has 1 atom stereocenters. The van der Waals surface area contributed by atoms with Gasteiger partial charge in [-0.3, -0.25) is 0 Å². The summed E-state index contributed by atoms with van der Waals surface area (Å²) in [6.07, 6.45) is -2.12. The first kappa shape index (κ1) is 23.2. The molecule has 1 unspecified atom stereocenters. The zero-order valence-electron chi connectivity index (χ0n) is 16.7. The third-order valence-electron chi connectivity index (χ3n) is 4.94. The second-order valence-electron chi connectivity index (χ2n) is 7.11. The normalized spacial score (nSPS) is 15.5. The van der Waals surface area contributed by atoms with E-state index in [0.29, 0.717) is 6.07 Å². The summed E-state index contributed by atoms with van der Waals surface area (Å²) in [5.74, 6) is -2.24. The molecule has 1 aliphatic heterocycles. The predicted molar refractivity (Wildman–Crippen MR) is 110 cm³/mol. The molecule has 1 aromatic heterocycles. The van der Waals surface area contributed by atoms with Crippen LogP contribution in [0, 0.1) is 17.5 Å². The van der Waals surface area contributed by atoms with Gasteiger partial charge in [0.15, 0.2) is 0 Å². The van der Waals surface area contributed by atoms with E-state index >= 15 is 0 Å². The average molecular weight is 525 g/mol. The molecule has 33 heavy (non-hydrogen) atoms. The summed E-state index contributed by atoms with van der Waals surface area (Å²) in [5.41, 5.74) is -0.535. The monoisotopic (exact) mass is 525 g/mol. The van der Waals surface area contributed by atoms with Crippen molar-refractivity contribution in [3.05, 3.63) is 82.8 Å². The summed E-state index contributed by atoms with van der Waals surface area (Å²) in [5, 5.41) is 0. The van der Waals surface area contributed by atoms with Crippen LogP contribution in [-0.2, 0) is 12.6 Å². The van der Waals surface area contributed by atoms with Crippen molar-refractivity contribution in [3.8, 4) is 11.6 Å². The van der Waals surface area contributed by atoms with Gasteiger partial charge >= 0.3 is 151 Å². The van der Waals surface area contributed by atoms with Gasteiger partial charge in [0.2, 0.25) is 0 Å². The van der Waals surface area contributed by atoms with Crippen LogP contribution >= 0.6 is 0 Å². The Labute approximate surface area is 193 Å². The Kier molecular flexibility index (Phi) is 6.38. The van der Waals surface area contributed by atoms with Crippen LogP contribution < -0.4 is 9.64 Å². The molecule has 170 valence electrons. The number of hydrogen-bond donors (Lipinski definition) is 0. The minimum atomic E-state index is -4.56. The van der Waals surface area contributed by atoms with Gasteiger partial charge in [-0.05, 0) is 6.07 Å². The number of halogens is 6. The zero-order valence-corrected chi connectivity index (χ0v) is 18.5. The molecule has 0 saturated heterocycles. The van der Waals surface area contributed by atoms with Crippen LogP contribution in [0.15, 0.2) is 53.7 Å². The first-order valence-corrected chi connectivity index (χ1v) is 10.7. The maximum absolute atomic E-state index is 14.6. The first-order valence-electron chi connectivity index (χ1n) is 9.59. The third-order valence-corrected chi connectivity index (χ3v) is 5.76. The number of alkyl halides is 3. The minimum absolute atomic E-state index is 0.0346. The van der Waals surface area contributed by atoms with Crippen molar-refractivity contribution >= 4 is 28.9 Å². The van der Waals surface area contributed by atoms with Gasteiger partial charge in [0, 0.05) is 12.3 Å². The van der Waals surface area contributed by atoms with Crippen molar-refractivity contribution < 1.29 is 31.1 Å². The number of hydrogen-bond acceptors (Lipinski definition) is 4. The number of rotatable bonds is 5. The van der Waals surface area contributed by atoms with Crippen molar-refractivity contribution in [2.45, 2.75) is 17.4 Å². The molecule has 0 fully saturated rings. The molecule has 0 bridgehead atoms. The van der Waals surface area contributed by atoms with E-state index in [4.69, 9.17) is 4.74 Å². The molecule has 0 aliphatic carbocycles. The van der Waals surface area contributed by atoms with Gasteiger partial charge in [0.25, 0.3) is 0 Å². The molecule has 2 heterocycles. The number of nitrogens with zero attached hydrogens (tertiary/aromatic N) is 3. The molecule has 0 saturated carbocycles. The standard InChI is InChI=1S/C22H14AsF6N3O/c23-21-19-15(24)3-4-16(25)20(19)32(11-31-21)8-6-12-1-2-14(10-17(12)26)33-18-9-13(5-7-30-18)22(27,28)29/h1-5,7,9-11,21H,6,8H2. The Bertz CT molecular complexity index is 1220. The van der Waals surface area contributed by atoms with Gasteiger partial charge in [0.1, 0.15) is 0 Å². The Morgan fingerprint density at radius 2 is 1.73 bits per heavy atom. The number of aliphatic imine (C=N–C) groups is 1. The van der Waals surface area contributed by atoms with Gasteiger partial charge in [-0.1, -0.05) is 0 Å². The molecular formula is C22H14AsF6N3O. The Balaban J connectivity index is 1.48.